The van der Waals surface area contributed by atoms with Crippen LogP contribution in [0.1, 0.15) is 124 Å². The van der Waals surface area contributed by atoms with Crippen molar-refractivity contribution in [2.75, 3.05) is 0 Å². The summed E-state index contributed by atoms with van der Waals surface area (Å²) in [6, 6.07) is 0. The lowest BCUT2D eigenvalue weighted by atomic mass is 9.43. The zero-order valence-corrected chi connectivity index (χ0v) is 18.5. The molecule has 0 amide bonds. The van der Waals surface area contributed by atoms with E-state index in [-0.39, 0.29) is 0 Å². The fourth-order valence-corrected chi connectivity index (χ4v) is 5.39. The third-order valence-corrected chi connectivity index (χ3v) is 7.12. The highest BCUT2D eigenvalue weighted by Crippen LogP contribution is 2.38. The summed E-state index contributed by atoms with van der Waals surface area (Å²) in [4.78, 5) is 2.93. The van der Waals surface area contributed by atoms with Crippen LogP contribution in [0.5, 0.6) is 0 Å². The number of nitrogens with zero attached hydrogens (tertiary/aromatic N) is 1. The molecule has 2 unspecified atom stereocenters. The molecule has 0 spiro atoms. The fraction of sp³-hybridized carbons (Fsp3) is 0.913. The lowest BCUT2D eigenvalue weighted by Crippen LogP contribution is -2.46. The summed E-state index contributed by atoms with van der Waals surface area (Å²) in [6.45, 7) is 9.79. The van der Waals surface area contributed by atoms with Crippen LogP contribution in [0, 0.1) is 5.92 Å². The largest absolute Gasteiger partial charge is 0.424 e. The molecule has 148 valence electrons. The van der Waals surface area contributed by atoms with Crippen molar-refractivity contribution in [1.29, 1.82) is 0 Å². The van der Waals surface area contributed by atoms with Crippen molar-refractivity contribution in [3.63, 3.8) is 0 Å². The smallest absolute Gasteiger partial charge is 0.202 e. The minimum Gasteiger partial charge on any atom is -0.424 e. The van der Waals surface area contributed by atoms with Gasteiger partial charge in [-0.2, -0.15) is 0 Å². The molecule has 0 aromatic rings. The van der Waals surface area contributed by atoms with Crippen LogP contribution in [0.2, 0.25) is 0 Å². The van der Waals surface area contributed by atoms with Crippen molar-refractivity contribution in [3.05, 3.63) is 11.2 Å². The first-order valence-electron chi connectivity index (χ1n) is 12.1. The zero-order chi connectivity index (χ0) is 18.8. The average Bonchev–Trinajstić information content (AvgIpc) is 3.03. The molecule has 1 aliphatic heterocycles. The molecule has 2 atom stereocenters. The predicted octanol–water partition coefficient (Wildman–Crippen LogP) is 6.52. The molecule has 0 aromatic carbocycles. The maximum Gasteiger partial charge on any atom is 0.202 e. The van der Waals surface area contributed by atoms with Crippen LogP contribution in [-0.2, 0) is 0 Å². The van der Waals surface area contributed by atoms with Crippen LogP contribution in [0.15, 0.2) is 11.2 Å². The summed E-state index contributed by atoms with van der Waals surface area (Å²) in [7, 11) is 2.67. The molecule has 0 radical (unpaired) electrons. The first-order chi connectivity index (χ1) is 12.6. The molecule has 0 saturated heterocycles. The summed E-state index contributed by atoms with van der Waals surface area (Å²) in [5, 5.41) is 0. The lowest BCUT2D eigenvalue weighted by molar-refractivity contribution is 0.202. The van der Waals surface area contributed by atoms with Gasteiger partial charge in [0, 0.05) is 5.54 Å². The van der Waals surface area contributed by atoms with Gasteiger partial charge < -0.3 is 4.81 Å². The van der Waals surface area contributed by atoms with Gasteiger partial charge in [0.2, 0.25) is 7.31 Å². The number of rotatable bonds is 9. The van der Waals surface area contributed by atoms with Gasteiger partial charge >= 0.3 is 0 Å². The van der Waals surface area contributed by atoms with Gasteiger partial charge in [0.15, 0.2) is 0 Å². The SMILES string of the molecule is CCCCCCC(C)(CCCC)N1BBC2=C1CCCCCCC(C)C2. The van der Waals surface area contributed by atoms with E-state index in [0.717, 1.165) is 5.92 Å². The van der Waals surface area contributed by atoms with Gasteiger partial charge in [-0.3, -0.25) is 0 Å². The predicted molar refractivity (Wildman–Crippen MR) is 121 cm³/mol. The molecule has 1 nitrogen and oxygen atoms in total. The molecule has 0 N–H and O–H groups in total. The minimum absolute atomic E-state index is 0.411. The minimum atomic E-state index is 0.411. The van der Waals surface area contributed by atoms with Crippen LogP contribution in [-0.4, -0.2) is 24.8 Å². The highest BCUT2D eigenvalue weighted by molar-refractivity contribution is 7.04. The monoisotopic (exact) mass is 357 g/mol. The Kier molecular flexibility index (Phi) is 9.71. The number of unbranched alkanes of at least 4 members (excludes halogenated alkanes) is 4. The van der Waals surface area contributed by atoms with Crippen LogP contribution < -0.4 is 0 Å². The van der Waals surface area contributed by atoms with Gasteiger partial charge in [-0.05, 0) is 50.6 Å². The maximum absolute atomic E-state index is 2.93. The molecule has 3 heteroatoms. The second-order valence-electron chi connectivity index (χ2n) is 9.63. The van der Waals surface area contributed by atoms with E-state index in [9.17, 15) is 0 Å². The van der Waals surface area contributed by atoms with Gasteiger partial charge in [0.05, 0.1) is 0 Å². The third-order valence-electron chi connectivity index (χ3n) is 7.12. The van der Waals surface area contributed by atoms with Crippen molar-refractivity contribution in [2.24, 2.45) is 5.92 Å². The van der Waals surface area contributed by atoms with E-state index >= 15 is 0 Å². The van der Waals surface area contributed by atoms with E-state index < -0.39 is 0 Å². The Morgan fingerprint density at radius 2 is 1.69 bits per heavy atom. The van der Waals surface area contributed by atoms with E-state index in [1.54, 1.807) is 5.70 Å². The van der Waals surface area contributed by atoms with Crippen molar-refractivity contribution >= 4 is 14.5 Å². The molecule has 1 heterocycles. The Labute approximate surface area is 166 Å². The highest BCUT2D eigenvalue weighted by Gasteiger charge is 2.37. The number of hydrogen-bond acceptors (Lipinski definition) is 1. The first-order valence-corrected chi connectivity index (χ1v) is 12.1. The van der Waals surface area contributed by atoms with E-state index in [0.29, 0.717) is 5.54 Å². The summed E-state index contributed by atoms with van der Waals surface area (Å²) < 4.78 is 0. The maximum atomic E-state index is 2.93. The normalized spacial score (nSPS) is 23.8. The zero-order valence-electron chi connectivity index (χ0n) is 18.5. The Balaban J connectivity index is 2.13. The van der Waals surface area contributed by atoms with E-state index in [2.05, 4.69) is 32.5 Å². The van der Waals surface area contributed by atoms with Crippen LogP contribution >= 0.6 is 0 Å². The summed E-state index contributed by atoms with van der Waals surface area (Å²) in [6.07, 6.45) is 21.1. The lowest BCUT2D eigenvalue weighted by Gasteiger charge is -2.44. The molecule has 1 aliphatic carbocycles. The fourth-order valence-electron chi connectivity index (χ4n) is 5.39. The van der Waals surface area contributed by atoms with Crippen molar-refractivity contribution in [2.45, 2.75) is 130 Å². The highest BCUT2D eigenvalue weighted by atomic mass is 15.1. The van der Waals surface area contributed by atoms with E-state index in [1.807, 2.05) is 5.47 Å². The second kappa shape index (κ2) is 11.5. The van der Waals surface area contributed by atoms with Gasteiger partial charge in [0.25, 0.3) is 0 Å². The topological polar surface area (TPSA) is 3.24 Å². The van der Waals surface area contributed by atoms with E-state index in [1.165, 1.54) is 111 Å². The van der Waals surface area contributed by atoms with Crippen molar-refractivity contribution in [3.8, 4) is 0 Å². The van der Waals surface area contributed by atoms with Gasteiger partial charge in [-0.25, -0.2) is 0 Å². The molecular weight excluding hydrogens is 312 g/mol. The Bertz CT molecular complexity index is 434. The summed E-state index contributed by atoms with van der Waals surface area (Å²) in [5.74, 6) is 0.893. The summed E-state index contributed by atoms with van der Waals surface area (Å²) in [5.41, 5.74) is 4.05. The number of allylic oxidation sites excluding steroid dienone is 2. The molecule has 26 heavy (non-hydrogen) atoms. The van der Waals surface area contributed by atoms with Gasteiger partial charge in [-0.1, -0.05) is 90.5 Å². The third kappa shape index (κ3) is 6.38. The van der Waals surface area contributed by atoms with E-state index in [4.69, 9.17) is 0 Å². The van der Waals surface area contributed by atoms with Gasteiger partial charge in [-0.15, -0.1) is 0 Å². The first kappa shape index (κ1) is 22.0. The van der Waals surface area contributed by atoms with Crippen molar-refractivity contribution < 1.29 is 0 Å². The van der Waals surface area contributed by atoms with Crippen LogP contribution in [0.4, 0.5) is 0 Å². The molecule has 2 rings (SSSR count). The Hall–Kier alpha value is -0.330. The van der Waals surface area contributed by atoms with Crippen molar-refractivity contribution in [1.82, 2.24) is 4.81 Å². The van der Waals surface area contributed by atoms with Gasteiger partial charge in [0.1, 0.15) is 7.17 Å². The standard InChI is InChI=1S/C23H45B2N/c1-5-7-9-14-18-23(4,17-8-6-2)26-22-16-13-11-10-12-15-20(3)19-21(22)24-25-26/h20,24-25H,5-19H2,1-4H3. The van der Waals surface area contributed by atoms with Crippen LogP contribution in [0.3, 0.4) is 0 Å². The number of hydrogen-bond donors (Lipinski definition) is 0. The van der Waals surface area contributed by atoms with Crippen LogP contribution in [0.25, 0.3) is 0 Å². The Morgan fingerprint density at radius 1 is 0.962 bits per heavy atom. The molecule has 0 aromatic heterocycles. The molecule has 0 fully saturated rings. The quantitative estimate of drug-likeness (QED) is 0.336. The second-order valence-corrected chi connectivity index (χ2v) is 9.63. The summed E-state index contributed by atoms with van der Waals surface area (Å²) >= 11 is 0. The average molecular weight is 357 g/mol. The molecule has 0 bridgehead atoms. The molecule has 2 aliphatic rings. The molecular formula is C23H45B2N. The Morgan fingerprint density at radius 3 is 2.46 bits per heavy atom. The molecule has 0 saturated carbocycles.